The number of halogens is 2. The fourth-order valence-corrected chi connectivity index (χ4v) is 2.11. The molecule has 1 N–H and O–H groups in total. The van der Waals surface area contributed by atoms with E-state index in [4.69, 9.17) is 0 Å². The lowest BCUT2D eigenvalue weighted by Gasteiger charge is -2.01. The summed E-state index contributed by atoms with van der Waals surface area (Å²) in [5.41, 5.74) is 2.67. The Labute approximate surface area is 123 Å². The SMILES string of the molecule is Cc1cc(N=Cc2cc(Br)ccc2O)ccc1Br. The van der Waals surface area contributed by atoms with E-state index >= 15 is 0 Å². The van der Waals surface area contributed by atoms with Gasteiger partial charge in [-0.1, -0.05) is 31.9 Å². The number of phenols is 1. The third-order valence-electron chi connectivity index (χ3n) is 2.48. The van der Waals surface area contributed by atoms with Gasteiger partial charge < -0.3 is 5.11 Å². The largest absolute Gasteiger partial charge is 0.507 e. The van der Waals surface area contributed by atoms with Crippen molar-refractivity contribution < 1.29 is 5.11 Å². The number of nitrogens with zero attached hydrogens (tertiary/aromatic N) is 1. The van der Waals surface area contributed by atoms with Crippen LogP contribution in [0.2, 0.25) is 0 Å². The van der Waals surface area contributed by atoms with E-state index in [0.29, 0.717) is 5.56 Å². The highest BCUT2D eigenvalue weighted by Crippen LogP contribution is 2.24. The summed E-state index contributed by atoms with van der Waals surface area (Å²) in [5.74, 6) is 0.218. The van der Waals surface area contributed by atoms with Crippen LogP contribution >= 0.6 is 31.9 Å². The molecule has 92 valence electrons. The molecule has 4 heteroatoms. The lowest BCUT2D eigenvalue weighted by Crippen LogP contribution is -1.82. The molecule has 0 saturated carbocycles. The first-order valence-corrected chi connectivity index (χ1v) is 6.93. The number of aromatic hydroxyl groups is 1. The van der Waals surface area contributed by atoms with Gasteiger partial charge in [-0.05, 0) is 48.9 Å². The van der Waals surface area contributed by atoms with Gasteiger partial charge in [0.25, 0.3) is 0 Å². The first-order valence-electron chi connectivity index (χ1n) is 5.35. The summed E-state index contributed by atoms with van der Waals surface area (Å²) in [6.45, 7) is 2.01. The van der Waals surface area contributed by atoms with E-state index in [-0.39, 0.29) is 5.75 Å². The third-order valence-corrected chi connectivity index (χ3v) is 3.87. The topological polar surface area (TPSA) is 32.6 Å². The van der Waals surface area contributed by atoms with Crippen molar-refractivity contribution >= 4 is 43.8 Å². The van der Waals surface area contributed by atoms with Crippen LogP contribution in [0.5, 0.6) is 5.75 Å². The second-order valence-corrected chi connectivity index (χ2v) is 5.66. The zero-order chi connectivity index (χ0) is 13.1. The predicted molar refractivity (Wildman–Crippen MR) is 81.9 cm³/mol. The molecule has 0 saturated heterocycles. The average molecular weight is 369 g/mol. The minimum Gasteiger partial charge on any atom is -0.507 e. The number of hydrogen-bond donors (Lipinski definition) is 1. The zero-order valence-corrected chi connectivity index (χ0v) is 12.9. The second-order valence-electron chi connectivity index (χ2n) is 3.89. The Morgan fingerprint density at radius 2 is 1.89 bits per heavy atom. The highest BCUT2D eigenvalue weighted by atomic mass is 79.9. The minimum atomic E-state index is 0.218. The molecule has 2 aromatic rings. The smallest absolute Gasteiger partial charge is 0.124 e. The van der Waals surface area contributed by atoms with Crippen molar-refractivity contribution in [3.05, 3.63) is 56.5 Å². The molecule has 2 nitrogen and oxygen atoms in total. The predicted octanol–water partition coefficient (Wildman–Crippen LogP) is 4.98. The van der Waals surface area contributed by atoms with Crippen LogP contribution in [0.15, 0.2) is 50.3 Å². The Bertz CT molecular complexity index is 609. The lowest BCUT2D eigenvalue weighted by molar-refractivity contribution is 0.474. The van der Waals surface area contributed by atoms with Crippen molar-refractivity contribution in [3.63, 3.8) is 0 Å². The number of hydrogen-bond acceptors (Lipinski definition) is 2. The molecule has 0 atom stereocenters. The second kappa shape index (κ2) is 5.67. The first-order chi connectivity index (χ1) is 8.56. The monoisotopic (exact) mass is 367 g/mol. The summed E-state index contributed by atoms with van der Waals surface area (Å²) in [5, 5.41) is 9.69. The van der Waals surface area contributed by atoms with Crippen LogP contribution in [-0.4, -0.2) is 11.3 Å². The maximum Gasteiger partial charge on any atom is 0.124 e. The van der Waals surface area contributed by atoms with Gasteiger partial charge in [-0.15, -0.1) is 0 Å². The fraction of sp³-hybridized carbons (Fsp3) is 0.0714. The molecule has 2 rings (SSSR count). The van der Waals surface area contributed by atoms with Crippen molar-refractivity contribution in [2.75, 3.05) is 0 Å². The molecular formula is C14H11Br2NO. The van der Waals surface area contributed by atoms with Crippen molar-refractivity contribution in [3.8, 4) is 5.75 Å². The van der Waals surface area contributed by atoms with Gasteiger partial charge in [-0.2, -0.15) is 0 Å². The van der Waals surface area contributed by atoms with Gasteiger partial charge in [0.05, 0.1) is 5.69 Å². The van der Waals surface area contributed by atoms with Gasteiger partial charge in [0.2, 0.25) is 0 Å². The summed E-state index contributed by atoms with van der Waals surface area (Å²) in [7, 11) is 0. The van der Waals surface area contributed by atoms with E-state index in [2.05, 4.69) is 36.9 Å². The third kappa shape index (κ3) is 3.21. The van der Waals surface area contributed by atoms with Crippen LogP contribution in [0.1, 0.15) is 11.1 Å². The van der Waals surface area contributed by atoms with Crippen molar-refractivity contribution in [1.82, 2.24) is 0 Å². The molecule has 18 heavy (non-hydrogen) atoms. The summed E-state index contributed by atoms with van der Waals surface area (Å²) >= 11 is 6.81. The van der Waals surface area contributed by atoms with Crippen molar-refractivity contribution in [2.45, 2.75) is 6.92 Å². The maximum atomic E-state index is 9.69. The number of aliphatic imine (C=N–C) groups is 1. The number of benzene rings is 2. The molecular weight excluding hydrogens is 358 g/mol. The fourth-order valence-electron chi connectivity index (χ4n) is 1.48. The van der Waals surface area contributed by atoms with Crippen molar-refractivity contribution in [1.29, 1.82) is 0 Å². The van der Waals surface area contributed by atoms with Gasteiger partial charge in [-0.3, -0.25) is 4.99 Å². The summed E-state index contributed by atoms with van der Waals surface area (Å²) in [6.07, 6.45) is 1.66. The van der Waals surface area contributed by atoms with Crippen molar-refractivity contribution in [2.24, 2.45) is 4.99 Å². The Morgan fingerprint density at radius 3 is 2.61 bits per heavy atom. The minimum absolute atomic E-state index is 0.218. The summed E-state index contributed by atoms with van der Waals surface area (Å²) in [4.78, 5) is 4.35. The molecule has 0 aliphatic rings. The Morgan fingerprint density at radius 1 is 1.11 bits per heavy atom. The van der Waals surface area contributed by atoms with E-state index in [1.807, 2.05) is 31.2 Å². The lowest BCUT2D eigenvalue weighted by atomic mass is 10.2. The molecule has 0 unspecified atom stereocenters. The quantitative estimate of drug-likeness (QED) is 0.745. The Balaban J connectivity index is 2.29. The molecule has 0 bridgehead atoms. The van der Waals surface area contributed by atoms with Crippen LogP contribution in [0.25, 0.3) is 0 Å². The van der Waals surface area contributed by atoms with E-state index < -0.39 is 0 Å². The van der Waals surface area contributed by atoms with E-state index in [1.165, 1.54) is 0 Å². The van der Waals surface area contributed by atoms with E-state index in [9.17, 15) is 5.11 Å². The molecule has 0 aliphatic heterocycles. The molecule has 0 fully saturated rings. The number of aryl methyl sites for hydroxylation is 1. The molecule has 0 heterocycles. The van der Waals surface area contributed by atoms with Gasteiger partial charge in [0, 0.05) is 20.7 Å². The number of phenolic OH excluding ortho intramolecular Hbond substituents is 1. The molecule has 0 radical (unpaired) electrons. The van der Waals surface area contributed by atoms with Gasteiger partial charge >= 0.3 is 0 Å². The molecule has 0 aliphatic carbocycles. The van der Waals surface area contributed by atoms with Crippen LogP contribution in [0, 0.1) is 6.92 Å². The van der Waals surface area contributed by atoms with Crippen LogP contribution in [0.3, 0.4) is 0 Å². The normalized spacial score (nSPS) is 11.1. The van der Waals surface area contributed by atoms with E-state index in [0.717, 1.165) is 20.2 Å². The molecule has 0 aromatic heterocycles. The highest BCUT2D eigenvalue weighted by Gasteiger charge is 1.99. The van der Waals surface area contributed by atoms with Gasteiger partial charge in [0.15, 0.2) is 0 Å². The molecule has 2 aromatic carbocycles. The van der Waals surface area contributed by atoms with Gasteiger partial charge in [-0.25, -0.2) is 0 Å². The van der Waals surface area contributed by atoms with E-state index in [1.54, 1.807) is 18.3 Å². The standard InChI is InChI=1S/C14H11Br2NO/c1-9-6-12(3-4-13(9)16)17-8-10-7-11(15)2-5-14(10)18/h2-8,18H,1H3. The Hall–Kier alpha value is -1.13. The average Bonchev–Trinajstić information content (AvgIpc) is 2.34. The first kappa shape index (κ1) is 13.3. The zero-order valence-electron chi connectivity index (χ0n) is 9.69. The summed E-state index contributed by atoms with van der Waals surface area (Å²) < 4.78 is 1.97. The van der Waals surface area contributed by atoms with Crippen LogP contribution in [-0.2, 0) is 0 Å². The highest BCUT2D eigenvalue weighted by molar-refractivity contribution is 9.10. The number of rotatable bonds is 2. The summed E-state index contributed by atoms with van der Waals surface area (Å²) in [6, 6.07) is 11.1. The molecule has 0 amide bonds. The van der Waals surface area contributed by atoms with Crippen LogP contribution < -0.4 is 0 Å². The Kier molecular flexibility index (Phi) is 4.19. The van der Waals surface area contributed by atoms with Crippen LogP contribution in [0.4, 0.5) is 5.69 Å². The maximum absolute atomic E-state index is 9.69. The van der Waals surface area contributed by atoms with Gasteiger partial charge in [0.1, 0.15) is 5.75 Å². The molecule has 0 spiro atoms.